The smallest absolute Gasteiger partial charge is 0.123 e. The van der Waals surface area contributed by atoms with Gasteiger partial charge in [-0.15, -0.1) is 0 Å². The molecule has 1 aliphatic carbocycles. The molecule has 0 spiro atoms. The van der Waals surface area contributed by atoms with E-state index in [0.717, 1.165) is 12.1 Å². The van der Waals surface area contributed by atoms with Crippen LogP contribution in [-0.2, 0) is 0 Å². The number of rotatable bonds is 3. The lowest BCUT2D eigenvalue weighted by Crippen LogP contribution is -2.49. The highest BCUT2D eigenvalue weighted by Gasteiger charge is 2.40. The molecule has 0 bridgehead atoms. The molecule has 0 radical (unpaired) electrons. The fourth-order valence-corrected chi connectivity index (χ4v) is 4.34. The van der Waals surface area contributed by atoms with Gasteiger partial charge < -0.3 is 5.32 Å². The standard InChI is InChI=1S/C17H23FN2/c18-14-5-3-12(4-6-14)13-10-15(11-13)19-16-7-9-20-8-1-2-17(16)20/h3-6,13,15-17,19H,1-2,7-11H2. The van der Waals surface area contributed by atoms with E-state index >= 15 is 0 Å². The maximum atomic E-state index is 12.9. The van der Waals surface area contributed by atoms with E-state index in [4.69, 9.17) is 0 Å². The number of hydrogen-bond donors (Lipinski definition) is 1. The zero-order valence-corrected chi connectivity index (χ0v) is 11.9. The van der Waals surface area contributed by atoms with Crippen molar-refractivity contribution >= 4 is 0 Å². The first-order valence-electron chi connectivity index (χ1n) is 8.05. The monoisotopic (exact) mass is 274 g/mol. The van der Waals surface area contributed by atoms with Gasteiger partial charge in [0.15, 0.2) is 0 Å². The molecule has 3 aliphatic rings. The Morgan fingerprint density at radius 1 is 1.05 bits per heavy atom. The molecule has 0 aromatic heterocycles. The molecule has 108 valence electrons. The van der Waals surface area contributed by atoms with Gasteiger partial charge in [0.1, 0.15) is 5.82 Å². The lowest BCUT2D eigenvalue weighted by Gasteiger charge is -2.39. The maximum absolute atomic E-state index is 12.9. The van der Waals surface area contributed by atoms with Crippen LogP contribution in [0.3, 0.4) is 0 Å². The van der Waals surface area contributed by atoms with E-state index < -0.39 is 0 Å². The van der Waals surface area contributed by atoms with Crippen LogP contribution in [0.25, 0.3) is 0 Å². The second-order valence-corrected chi connectivity index (χ2v) is 6.72. The molecule has 4 rings (SSSR count). The van der Waals surface area contributed by atoms with Crippen LogP contribution >= 0.6 is 0 Å². The average Bonchev–Trinajstić information content (AvgIpc) is 2.99. The molecule has 1 N–H and O–H groups in total. The van der Waals surface area contributed by atoms with Crippen molar-refractivity contribution in [3.05, 3.63) is 35.6 Å². The topological polar surface area (TPSA) is 15.3 Å². The maximum Gasteiger partial charge on any atom is 0.123 e. The molecule has 2 unspecified atom stereocenters. The Kier molecular flexibility index (Phi) is 3.27. The molecule has 3 heteroatoms. The molecule has 2 heterocycles. The van der Waals surface area contributed by atoms with Gasteiger partial charge in [-0.1, -0.05) is 12.1 Å². The van der Waals surface area contributed by atoms with Crippen molar-refractivity contribution in [2.75, 3.05) is 13.1 Å². The summed E-state index contributed by atoms with van der Waals surface area (Å²) in [6.07, 6.45) is 6.52. The summed E-state index contributed by atoms with van der Waals surface area (Å²) in [5.74, 6) is 0.504. The van der Waals surface area contributed by atoms with Crippen LogP contribution in [-0.4, -0.2) is 36.1 Å². The van der Waals surface area contributed by atoms with Gasteiger partial charge in [-0.05, 0) is 62.3 Å². The summed E-state index contributed by atoms with van der Waals surface area (Å²) in [7, 11) is 0. The lowest BCUT2D eigenvalue weighted by atomic mass is 9.75. The number of benzene rings is 1. The highest BCUT2D eigenvalue weighted by atomic mass is 19.1. The minimum absolute atomic E-state index is 0.130. The number of halogens is 1. The number of nitrogens with zero attached hydrogens (tertiary/aromatic N) is 1. The highest BCUT2D eigenvalue weighted by molar-refractivity contribution is 5.23. The summed E-state index contributed by atoms with van der Waals surface area (Å²) in [5.41, 5.74) is 1.30. The fraction of sp³-hybridized carbons (Fsp3) is 0.647. The van der Waals surface area contributed by atoms with E-state index in [1.165, 1.54) is 50.8 Å². The minimum atomic E-state index is -0.130. The summed E-state index contributed by atoms with van der Waals surface area (Å²) in [5, 5.41) is 3.88. The molecule has 2 atom stereocenters. The van der Waals surface area contributed by atoms with E-state index in [1.54, 1.807) is 12.1 Å². The molecule has 1 aromatic carbocycles. The third-order valence-electron chi connectivity index (χ3n) is 5.54. The van der Waals surface area contributed by atoms with Gasteiger partial charge in [0, 0.05) is 24.7 Å². The quantitative estimate of drug-likeness (QED) is 0.911. The predicted octanol–water partition coefficient (Wildman–Crippen LogP) is 2.90. The normalized spacial score (nSPS) is 36.9. The van der Waals surface area contributed by atoms with Gasteiger partial charge in [0.25, 0.3) is 0 Å². The Hall–Kier alpha value is -0.930. The third-order valence-corrected chi connectivity index (χ3v) is 5.54. The van der Waals surface area contributed by atoms with E-state index in [-0.39, 0.29) is 5.82 Å². The minimum Gasteiger partial charge on any atom is -0.310 e. The number of nitrogens with one attached hydrogen (secondary N) is 1. The summed E-state index contributed by atoms with van der Waals surface area (Å²) < 4.78 is 12.9. The van der Waals surface area contributed by atoms with Crippen LogP contribution in [0, 0.1) is 5.82 Å². The molecule has 3 fully saturated rings. The van der Waals surface area contributed by atoms with Gasteiger partial charge in [-0.3, -0.25) is 4.90 Å². The van der Waals surface area contributed by atoms with Crippen LogP contribution in [0.2, 0.25) is 0 Å². The molecule has 2 aliphatic heterocycles. The summed E-state index contributed by atoms with van der Waals surface area (Å²) >= 11 is 0. The van der Waals surface area contributed by atoms with Gasteiger partial charge in [0.05, 0.1) is 0 Å². The molecular formula is C17H23FN2. The number of hydrogen-bond acceptors (Lipinski definition) is 2. The van der Waals surface area contributed by atoms with Crippen molar-refractivity contribution in [1.82, 2.24) is 10.2 Å². The first kappa shape index (κ1) is 12.8. The Bertz CT molecular complexity index is 466. The second-order valence-electron chi connectivity index (χ2n) is 6.72. The van der Waals surface area contributed by atoms with Crippen molar-refractivity contribution < 1.29 is 4.39 Å². The van der Waals surface area contributed by atoms with E-state index in [0.29, 0.717) is 12.0 Å². The first-order chi connectivity index (χ1) is 9.79. The van der Waals surface area contributed by atoms with E-state index in [1.807, 2.05) is 12.1 Å². The average molecular weight is 274 g/mol. The third kappa shape index (κ3) is 2.27. The van der Waals surface area contributed by atoms with Crippen molar-refractivity contribution in [3.63, 3.8) is 0 Å². The van der Waals surface area contributed by atoms with Gasteiger partial charge in [-0.2, -0.15) is 0 Å². The molecule has 1 saturated carbocycles. The molecular weight excluding hydrogens is 251 g/mol. The van der Waals surface area contributed by atoms with Crippen LogP contribution in [0.4, 0.5) is 4.39 Å². The van der Waals surface area contributed by atoms with Crippen molar-refractivity contribution in [1.29, 1.82) is 0 Å². The highest BCUT2D eigenvalue weighted by Crippen LogP contribution is 2.38. The zero-order valence-electron chi connectivity index (χ0n) is 11.9. The Morgan fingerprint density at radius 3 is 2.65 bits per heavy atom. The Balaban J connectivity index is 1.30. The van der Waals surface area contributed by atoms with Gasteiger partial charge >= 0.3 is 0 Å². The van der Waals surface area contributed by atoms with Crippen molar-refractivity contribution in [2.45, 2.75) is 56.1 Å². The van der Waals surface area contributed by atoms with Crippen molar-refractivity contribution in [3.8, 4) is 0 Å². The van der Waals surface area contributed by atoms with E-state index in [2.05, 4.69) is 10.2 Å². The first-order valence-corrected chi connectivity index (χ1v) is 8.05. The number of fused-ring (bicyclic) bond motifs is 1. The fourth-order valence-electron chi connectivity index (χ4n) is 4.34. The van der Waals surface area contributed by atoms with Crippen LogP contribution in [0.5, 0.6) is 0 Å². The molecule has 0 amide bonds. The van der Waals surface area contributed by atoms with Crippen LogP contribution in [0.15, 0.2) is 24.3 Å². The summed E-state index contributed by atoms with van der Waals surface area (Å²) in [6.45, 7) is 2.60. The Labute approximate surface area is 120 Å². The zero-order chi connectivity index (χ0) is 13.5. The van der Waals surface area contributed by atoms with Crippen molar-refractivity contribution in [2.24, 2.45) is 0 Å². The van der Waals surface area contributed by atoms with Crippen LogP contribution in [0.1, 0.15) is 43.6 Å². The second kappa shape index (κ2) is 5.12. The molecule has 2 saturated heterocycles. The molecule has 2 nitrogen and oxygen atoms in total. The Morgan fingerprint density at radius 2 is 1.85 bits per heavy atom. The predicted molar refractivity (Wildman–Crippen MR) is 78.3 cm³/mol. The van der Waals surface area contributed by atoms with Gasteiger partial charge in [-0.25, -0.2) is 4.39 Å². The van der Waals surface area contributed by atoms with E-state index in [9.17, 15) is 4.39 Å². The van der Waals surface area contributed by atoms with Crippen LogP contribution < -0.4 is 5.32 Å². The summed E-state index contributed by atoms with van der Waals surface area (Å²) in [6, 6.07) is 9.27. The molecule has 20 heavy (non-hydrogen) atoms. The van der Waals surface area contributed by atoms with Gasteiger partial charge in [0.2, 0.25) is 0 Å². The lowest BCUT2D eigenvalue weighted by molar-refractivity contribution is 0.234. The SMILES string of the molecule is Fc1ccc(C2CC(NC3CCN4CCCC34)C2)cc1. The molecule has 1 aromatic rings. The largest absolute Gasteiger partial charge is 0.310 e. The summed E-state index contributed by atoms with van der Waals surface area (Å²) in [4.78, 5) is 2.66.